The largest absolute Gasteiger partial charge is 0.369 e. The monoisotopic (exact) mass is 411 g/mol. The summed E-state index contributed by atoms with van der Waals surface area (Å²) >= 11 is 0. The number of primary amides is 1. The number of para-hydroxylation sites is 2. The lowest BCUT2D eigenvalue weighted by molar-refractivity contribution is -0.117. The first-order chi connectivity index (χ1) is 14.4. The molecule has 1 amide bonds. The van der Waals surface area contributed by atoms with Crippen molar-refractivity contribution in [3.05, 3.63) is 35.9 Å². The topological polar surface area (TPSA) is 104 Å². The minimum atomic E-state index is -0.464. The molecule has 2 aromatic heterocycles. The van der Waals surface area contributed by atoms with Crippen molar-refractivity contribution in [1.29, 1.82) is 0 Å². The highest BCUT2D eigenvalue weighted by Crippen LogP contribution is 2.26. The van der Waals surface area contributed by atoms with Crippen molar-refractivity contribution in [2.75, 3.05) is 26.7 Å². The van der Waals surface area contributed by atoms with Crippen LogP contribution >= 0.6 is 0 Å². The summed E-state index contributed by atoms with van der Waals surface area (Å²) in [6.45, 7) is 7.39. The van der Waals surface area contributed by atoms with Gasteiger partial charge in [-0.25, -0.2) is 9.97 Å². The number of nitrogens with two attached hydrogens (primary N) is 1. The van der Waals surface area contributed by atoms with Gasteiger partial charge < -0.3 is 19.9 Å². The molecule has 30 heavy (non-hydrogen) atoms. The van der Waals surface area contributed by atoms with E-state index >= 15 is 0 Å². The van der Waals surface area contributed by atoms with Crippen LogP contribution in [0.2, 0.25) is 0 Å². The van der Waals surface area contributed by atoms with E-state index < -0.39 is 5.91 Å². The summed E-state index contributed by atoms with van der Waals surface area (Å²) in [5.41, 5.74) is 7.35. The van der Waals surface area contributed by atoms with E-state index in [1.165, 1.54) is 0 Å². The minimum Gasteiger partial charge on any atom is -0.369 e. The molecule has 0 bridgehead atoms. The van der Waals surface area contributed by atoms with E-state index in [9.17, 15) is 4.79 Å². The number of amides is 1. The summed E-state index contributed by atoms with van der Waals surface area (Å²) in [7, 11) is 2.05. The first-order valence-electron chi connectivity index (χ1n) is 10.4. The standard InChI is InChI=1S/C21H29N7O2/c1-14(2)8-9-27-16-7-5-4-6-15(16)23-21(27)28-20(17-13-26(3)10-11-30-17)24-19(25-28)12-18(22)29/h4-7,14,17H,8-13H2,1-3H3,(H2,22,29). The molecule has 1 aliphatic rings. The number of aryl methyl sites for hydroxylation is 1. The fourth-order valence-electron chi connectivity index (χ4n) is 3.72. The van der Waals surface area contributed by atoms with Crippen LogP contribution in [0.5, 0.6) is 0 Å². The summed E-state index contributed by atoms with van der Waals surface area (Å²) in [5, 5.41) is 4.63. The van der Waals surface area contributed by atoms with Crippen molar-refractivity contribution in [1.82, 2.24) is 29.2 Å². The average Bonchev–Trinajstić information content (AvgIpc) is 3.27. The Morgan fingerprint density at radius 2 is 2.10 bits per heavy atom. The summed E-state index contributed by atoms with van der Waals surface area (Å²) in [6.07, 6.45) is 0.736. The van der Waals surface area contributed by atoms with E-state index in [0.717, 1.165) is 30.5 Å². The molecule has 9 nitrogen and oxygen atoms in total. The number of rotatable bonds is 7. The maximum Gasteiger partial charge on any atom is 0.233 e. The number of carbonyl (C=O) groups is 1. The molecule has 9 heteroatoms. The van der Waals surface area contributed by atoms with E-state index in [-0.39, 0.29) is 12.5 Å². The summed E-state index contributed by atoms with van der Waals surface area (Å²) < 4.78 is 9.92. The summed E-state index contributed by atoms with van der Waals surface area (Å²) in [4.78, 5) is 23.2. The highest BCUT2D eigenvalue weighted by Gasteiger charge is 2.28. The lowest BCUT2D eigenvalue weighted by Crippen LogP contribution is -2.36. The molecular formula is C21H29N7O2. The van der Waals surface area contributed by atoms with Gasteiger partial charge in [-0.3, -0.25) is 4.79 Å². The second kappa shape index (κ2) is 8.53. The van der Waals surface area contributed by atoms with Crippen molar-refractivity contribution in [2.45, 2.75) is 39.3 Å². The van der Waals surface area contributed by atoms with E-state index in [2.05, 4.69) is 46.5 Å². The van der Waals surface area contributed by atoms with Crippen molar-refractivity contribution < 1.29 is 9.53 Å². The maximum atomic E-state index is 11.5. The summed E-state index contributed by atoms with van der Waals surface area (Å²) in [6, 6.07) is 8.06. The van der Waals surface area contributed by atoms with E-state index in [1.807, 2.05) is 18.2 Å². The van der Waals surface area contributed by atoms with Crippen LogP contribution in [0.25, 0.3) is 17.0 Å². The highest BCUT2D eigenvalue weighted by atomic mass is 16.5. The van der Waals surface area contributed by atoms with Gasteiger partial charge >= 0.3 is 0 Å². The molecule has 0 radical (unpaired) electrons. The van der Waals surface area contributed by atoms with Gasteiger partial charge in [0.2, 0.25) is 11.9 Å². The molecule has 2 N–H and O–H groups in total. The Labute approximate surface area is 175 Å². The Balaban J connectivity index is 1.84. The van der Waals surface area contributed by atoms with Crippen LogP contribution in [0.1, 0.15) is 38.0 Å². The minimum absolute atomic E-state index is 0.0191. The van der Waals surface area contributed by atoms with Crippen LogP contribution in [0, 0.1) is 5.92 Å². The second-order valence-corrected chi connectivity index (χ2v) is 8.30. The molecule has 0 saturated carbocycles. The van der Waals surface area contributed by atoms with Crippen molar-refractivity contribution in [2.24, 2.45) is 11.7 Å². The van der Waals surface area contributed by atoms with Crippen LogP contribution in [-0.4, -0.2) is 61.9 Å². The number of benzene rings is 1. The average molecular weight is 412 g/mol. The quantitative estimate of drug-likeness (QED) is 0.635. The SMILES string of the molecule is CC(C)CCn1c(-n2nc(CC(N)=O)nc2C2CN(C)CCO2)nc2ccccc21. The Kier molecular flexibility index (Phi) is 5.83. The van der Waals surface area contributed by atoms with Gasteiger partial charge in [0.05, 0.1) is 24.1 Å². The Morgan fingerprint density at radius 3 is 2.83 bits per heavy atom. The molecular weight excluding hydrogens is 382 g/mol. The molecule has 0 spiro atoms. The maximum absolute atomic E-state index is 11.5. The molecule has 0 aliphatic carbocycles. The van der Waals surface area contributed by atoms with Crippen molar-refractivity contribution in [3.63, 3.8) is 0 Å². The Bertz CT molecular complexity index is 1040. The molecule has 1 atom stereocenters. The number of nitrogens with zero attached hydrogens (tertiary/aromatic N) is 6. The van der Waals surface area contributed by atoms with Crippen LogP contribution in [0.3, 0.4) is 0 Å². The van der Waals surface area contributed by atoms with Gasteiger partial charge in [0.15, 0.2) is 11.6 Å². The number of hydrogen-bond acceptors (Lipinski definition) is 6. The summed E-state index contributed by atoms with van der Waals surface area (Å²) in [5.74, 6) is 1.81. The highest BCUT2D eigenvalue weighted by molar-refractivity contribution is 5.77. The number of likely N-dealkylation sites (N-methyl/N-ethyl adjacent to an activating group) is 1. The predicted octanol–water partition coefficient (Wildman–Crippen LogP) is 1.69. The third-order valence-corrected chi connectivity index (χ3v) is 5.32. The fourth-order valence-corrected chi connectivity index (χ4v) is 3.72. The molecule has 1 aromatic carbocycles. The van der Waals surface area contributed by atoms with Gasteiger partial charge in [0.1, 0.15) is 6.10 Å². The number of fused-ring (bicyclic) bond motifs is 1. The Hall–Kier alpha value is -2.78. The number of aromatic nitrogens is 5. The molecule has 1 saturated heterocycles. The van der Waals surface area contributed by atoms with Crippen LogP contribution in [-0.2, 0) is 22.5 Å². The third kappa shape index (κ3) is 4.22. The van der Waals surface area contributed by atoms with E-state index in [0.29, 0.717) is 36.7 Å². The number of hydrogen-bond donors (Lipinski definition) is 1. The molecule has 1 fully saturated rings. The molecule has 1 aliphatic heterocycles. The van der Waals surface area contributed by atoms with Gasteiger partial charge in [-0.05, 0) is 31.5 Å². The van der Waals surface area contributed by atoms with Gasteiger partial charge in [0, 0.05) is 19.6 Å². The zero-order valence-electron chi connectivity index (χ0n) is 17.8. The number of carbonyl (C=O) groups excluding carboxylic acids is 1. The normalized spacial score (nSPS) is 17.8. The van der Waals surface area contributed by atoms with E-state index in [1.54, 1.807) is 4.68 Å². The van der Waals surface area contributed by atoms with Crippen LogP contribution < -0.4 is 5.73 Å². The van der Waals surface area contributed by atoms with Gasteiger partial charge in [-0.1, -0.05) is 26.0 Å². The van der Waals surface area contributed by atoms with Gasteiger partial charge in [0.25, 0.3) is 0 Å². The smallest absolute Gasteiger partial charge is 0.233 e. The van der Waals surface area contributed by atoms with Crippen LogP contribution in [0.15, 0.2) is 24.3 Å². The molecule has 3 aromatic rings. The number of ether oxygens (including phenoxy) is 1. The zero-order valence-corrected chi connectivity index (χ0v) is 17.8. The Morgan fingerprint density at radius 1 is 1.30 bits per heavy atom. The number of imidazole rings is 1. The third-order valence-electron chi connectivity index (χ3n) is 5.32. The van der Waals surface area contributed by atoms with Crippen molar-refractivity contribution >= 4 is 16.9 Å². The lowest BCUT2D eigenvalue weighted by atomic mass is 10.1. The fraction of sp³-hybridized carbons (Fsp3) is 0.524. The number of morpholine rings is 1. The molecule has 4 rings (SSSR count). The first-order valence-corrected chi connectivity index (χ1v) is 10.4. The second-order valence-electron chi connectivity index (χ2n) is 8.30. The lowest BCUT2D eigenvalue weighted by Gasteiger charge is -2.29. The van der Waals surface area contributed by atoms with Crippen LogP contribution in [0.4, 0.5) is 0 Å². The molecule has 160 valence electrons. The zero-order chi connectivity index (χ0) is 21.3. The van der Waals surface area contributed by atoms with Gasteiger partial charge in [-0.2, -0.15) is 4.68 Å². The molecule has 1 unspecified atom stereocenters. The molecule has 3 heterocycles. The van der Waals surface area contributed by atoms with Crippen molar-refractivity contribution in [3.8, 4) is 5.95 Å². The first kappa shape index (κ1) is 20.5. The van der Waals surface area contributed by atoms with Gasteiger partial charge in [-0.15, -0.1) is 5.10 Å². The predicted molar refractivity (Wildman–Crippen MR) is 113 cm³/mol. The van der Waals surface area contributed by atoms with E-state index in [4.69, 9.17) is 15.5 Å².